The zero-order valence-electron chi connectivity index (χ0n) is 20.6. The molecule has 1 fully saturated rings. The van der Waals surface area contributed by atoms with Gasteiger partial charge in [-0.15, -0.1) is 11.8 Å². The van der Waals surface area contributed by atoms with Crippen molar-refractivity contribution >= 4 is 23.6 Å². The summed E-state index contributed by atoms with van der Waals surface area (Å²) in [6.07, 6.45) is 5.51. The number of nitrogens with one attached hydrogen (secondary N) is 1. The van der Waals surface area contributed by atoms with E-state index >= 15 is 0 Å². The number of hydrogen-bond acceptors (Lipinski definition) is 6. The van der Waals surface area contributed by atoms with Crippen molar-refractivity contribution in [2.45, 2.75) is 96.8 Å². The van der Waals surface area contributed by atoms with E-state index in [1.807, 2.05) is 13.8 Å². The summed E-state index contributed by atoms with van der Waals surface area (Å²) in [5, 5.41) is 16.8. The van der Waals surface area contributed by atoms with E-state index in [9.17, 15) is 14.7 Å². The molecule has 1 amide bonds. The van der Waals surface area contributed by atoms with Crippen molar-refractivity contribution in [3.05, 3.63) is 5.76 Å². The highest BCUT2D eigenvalue weighted by Crippen LogP contribution is 2.40. The third kappa shape index (κ3) is 6.42. The Balaban J connectivity index is 2.24. The van der Waals surface area contributed by atoms with E-state index in [1.165, 1.54) is 18.2 Å². The number of carboxylic acid groups (broad SMARTS) is 1. The van der Waals surface area contributed by atoms with E-state index in [4.69, 9.17) is 9.26 Å². The van der Waals surface area contributed by atoms with Crippen LogP contribution in [0.25, 0.3) is 0 Å². The Bertz CT molecular complexity index is 762. The number of nitrogens with zero attached hydrogens (tertiary/aromatic N) is 1. The molecule has 2 N–H and O–H groups in total. The quantitative estimate of drug-likeness (QED) is 0.405. The molecule has 0 aromatic carbocycles. The minimum atomic E-state index is -1.08. The predicted molar refractivity (Wildman–Crippen MR) is 126 cm³/mol. The second kappa shape index (κ2) is 11.4. The molecule has 2 atom stereocenters. The van der Waals surface area contributed by atoms with Crippen LogP contribution in [0.1, 0.15) is 91.1 Å². The van der Waals surface area contributed by atoms with Crippen LogP contribution in [0, 0.1) is 23.2 Å². The summed E-state index contributed by atoms with van der Waals surface area (Å²) >= 11 is 1.44. The SMILES string of the molecule is CCC1CC(CC)C(NC(=O)c2onc(OCC(C)(C)C(=O)O)c2SC(C)C)C(CC)C1. The van der Waals surface area contributed by atoms with Crippen molar-refractivity contribution in [2.24, 2.45) is 23.2 Å². The van der Waals surface area contributed by atoms with E-state index in [2.05, 4.69) is 31.2 Å². The molecule has 32 heavy (non-hydrogen) atoms. The smallest absolute Gasteiger partial charge is 0.312 e. The fourth-order valence-electron chi connectivity index (χ4n) is 4.41. The van der Waals surface area contributed by atoms with Gasteiger partial charge >= 0.3 is 5.97 Å². The van der Waals surface area contributed by atoms with Crippen molar-refractivity contribution in [1.82, 2.24) is 10.5 Å². The summed E-state index contributed by atoms with van der Waals surface area (Å²) in [6, 6.07) is 0.109. The van der Waals surface area contributed by atoms with Gasteiger partial charge in [0.1, 0.15) is 11.5 Å². The summed E-state index contributed by atoms with van der Waals surface area (Å²) in [5.74, 6) is 0.692. The summed E-state index contributed by atoms with van der Waals surface area (Å²) in [4.78, 5) is 25.2. The Morgan fingerprint density at radius 3 is 2.25 bits per heavy atom. The van der Waals surface area contributed by atoms with Gasteiger partial charge in [-0.2, -0.15) is 0 Å². The number of rotatable bonds is 11. The standard InChI is InChI=1S/C24H40N2O5S/c1-8-15-11-16(9-2)18(17(10-3)12-15)25-21(27)19-20(32-14(4)5)22(26-31-19)30-13-24(6,7)23(28)29/h14-18H,8-13H2,1-7H3,(H,25,27)(H,28,29). The van der Waals surface area contributed by atoms with Crippen LogP contribution in [0.3, 0.4) is 0 Å². The Hall–Kier alpha value is -1.70. The molecule has 1 aromatic rings. The summed E-state index contributed by atoms with van der Waals surface area (Å²) in [5.41, 5.74) is -1.08. The minimum Gasteiger partial charge on any atom is -0.481 e. The number of hydrogen-bond donors (Lipinski definition) is 2. The van der Waals surface area contributed by atoms with E-state index in [0.29, 0.717) is 22.6 Å². The molecule has 0 saturated heterocycles. The Morgan fingerprint density at radius 1 is 1.19 bits per heavy atom. The molecule has 1 aliphatic rings. The van der Waals surface area contributed by atoms with Gasteiger partial charge in [-0.3, -0.25) is 9.59 Å². The number of thioether (sulfide) groups is 1. The van der Waals surface area contributed by atoms with Gasteiger partial charge in [0.2, 0.25) is 5.76 Å². The van der Waals surface area contributed by atoms with E-state index < -0.39 is 11.4 Å². The van der Waals surface area contributed by atoms with Crippen LogP contribution < -0.4 is 10.1 Å². The lowest BCUT2D eigenvalue weighted by Gasteiger charge is -2.41. The van der Waals surface area contributed by atoms with Crippen molar-refractivity contribution in [3.63, 3.8) is 0 Å². The third-order valence-electron chi connectivity index (χ3n) is 6.54. The molecule has 1 saturated carbocycles. The van der Waals surface area contributed by atoms with Gasteiger partial charge in [0, 0.05) is 11.3 Å². The summed E-state index contributed by atoms with van der Waals surface area (Å²) < 4.78 is 11.2. The van der Waals surface area contributed by atoms with Crippen LogP contribution in [-0.2, 0) is 4.79 Å². The maximum absolute atomic E-state index is 13.3. The maximum Gasteiger partial charge on any atom is 0.312 e. The van der Waals surface area contributed by atoms with Crippen molar-refractivity contribution in [2.75, 3.05) is 6.61 Å². The third-order valence-corrected chi connectivity index (χ3v) is 7.61. The van der Waals surface area contributed by atoms with Gasteiger partial charge in [0.15, 0.2) is 0 Å². The first-order valence-corrected chi connectivity index (χ1v) is 12.7. The molecule has 1 heterocycles. The van der Waals surface area contributed by atoms with Gasteiger partial charge in [0.05, 0.1) is 5.41 Å². The molecule has 1 aromatic heterocycles. The number of aromatic nitrogens is 1. The average Bonchev–Trinajstić information content (AvgIpc) is 3.13. The largest absolute Gasteiger partial charge is 0.481 e. The zero-order chi connectivity index (χ0) is 24.1. The van der Waals surface area contributed by atoms with Crippen LogP contribution in [0.5, 0.6) is 5.88 Å². The Morgan fingerprint density at radius 2 is 1.78 bits per heavy atom. The highest BCUT2D eigenvalue weighted by molar-refractivity contribution is 8.00. The highest BCUT2D eigenvalue weighted by atomic mass is 32.2. The Labute approximate surface area is 196 Å². The zero-order valence-corrected chi connectivity index (χ0v) is 21.4. The molecule has 2 rings (SSSR count). The fourth-order valence-corrected chi connectivity index (χ4v) is 5.32. The molecule has 1 aliphatic carbocycles. The lowest BCUT2D eigenvalue weighted by atomic mass is 9.69. The molecule has 182 valence electrons. The number of carboxylic acids is 1. The molecule has 0 spiro atoms. The van der Waals surface area contributed by atoms with Crippen LogP contribution in [0.15, 0.2) is 9.42 Å². The second-order valence-corrected chi connectivity index (χ2v) is 11.5. The fraction of sp³-hybridized carbons (Fsp3) is 0.792. The number of carbonyl (C=O) groups is 2. The van der Waals surface area contributed by atoms with Crippen molar-refractivity contribution < 1.29 is 24.0 Å². The van der Waals surface area contributed by atoms with Gasteiger partial charge in [0.25, 0.3) is 11.8 Å². The molecule has 8 heteroatoms. The van der Waals surface area contributed by atoms with Gasteiger partial charge in [-0.05, 0) is 49.6 Å². The molecule has 2 unspecified atom stereocenters. The van der Waals surface area contributed by atoms with Crippen molar-refractivity contribution in [3.8, 4) is 5.88 Å². The number of aliphatic carboxylic acids is 1. The average molecular weight is 469 g/mol. The minimum absolute atomic E-state index is 0.0710. The maximum atomic E-state index is 13.3. The highest BCUT2D eigenvalue weighted by Gasteiger charge is 2.38. The van der Waals surface area contributed by atoms with Crippen LogP contribution >= 0.6 is 11.8 Å². The molecule has 7 nitrogen and oxygen atoms in total. The lowest BCUT2D eigenvalue weighted by Crippen LogP contribution is -2.49. The lowest BCUT2D eigenvalue weighted by molar-refractivity contribution is -0.148. The van der Waals surface area contributed by atoms with Crippen molar-refractivity contribution in [1.29, 1.82) is 0 Å². The normalized spacial score (nSPS) is 23.9. The number of carbonyl (C=O) groups excluding carboxylic acids is 1. The van der Waals surface area contributed by atoms with E-state index in [1.54, 1.807) is 13.8 Å². The molecule has 0 aliphatic heterocycles. The molecular formula is C24H40N2O5S. The second-order valence-electron chi connectivity index (χ2n) is 9.87. The van der Waals surface area contributed by atoms with E-state index in [0.717, 1.165) is 25.7 Å². The first kappa shape index (κ1) is 26.6. The molecule has 0 bridgehead atoms. The summed E-state index contributed by atoms with van der Waals surface area (Å²) in [7, 11) is 0. The summed E-state index contributed by atoms with van der Waals surface area (Å²) in [6.45, 7) is 13.8. The topological polar surface area (TPSA) is 102 Å². The monoisotopic (exact) mass is 468 g/mol. The number of ether oxygens (including phenoxy) is 1. The molecular weight excluding hydrogens is 428 g/mol. The van der Waals surface area contributed by atoms with Gasteiger partial charge in [-0.25, -0.2) is 0 Å². The van der Waals surface area contributed by atoms with Crippen LogP contribution in [-0.4, -0.2) is 40.0 Å². The van der Waals surface area contributed by atoms with E-state index in [-0.39, 0.29) is 35.4 Å². The first-order valence-electron chi connectivity index (χ1n) is 11.9. The van der Waals surface area contributed by atoms with Gasteiger partial charge in [-0.1, -0.05) is 53.9 Å². The predicted octanol–water partition coefficient (Wildman–Crippen LogP) is 5.64. The first-order chi connectivity index (χ1) is 15.0. The molecule has 0 radical (unpaired) electrons. The van der Waals surface area contributed by atoms with Crippen LogP contribution in [0.4, 0.5) is 0 Å². The Kier molecular flexibility index (Phi) is 9.49. The number of amides is 1. The van der Waals surface area contributed by atoms with Gasteiger partial charge < -0.3 is 19.7 Å². The van der Waals surface area contributed by atoms with Crippen LogP contribution in [0.2, 0.25) is 0 Å².